The molecule has 0 saturated heterocycles. The van der Waals surface area contributed by atoms with Crippen molar-refractivity contribution in [2.45, 2.75) is 33.1 Å². The number of aromatic amines is 1. The largest absolute Gasteiger partial charge is 0.481 e. The minimum absolute atomic E-state index is 0.833. The van der Waals surface area contributed by atoms with Gasteiger partial charge < -0.3 is 10.1 Å². The Morgan fingerprint density at radius 2 is 2.31 bits per heavy atom. The number of rotatable bonds is 3. The molecule has 0 spiro atoms. The van der Waals surface area contributed by atoms with E-state index in [2.05, 4.69) is 16.9 Å². The number of imidazole rings is 1. The zero-order valence-corrected chi connectivity index (χ0v) is 8.08. The van der Waals surface area contributed by atoms with Gasteiger partial charge in [0, 0.05) is 25.7 Å². The number of H-pyrrole nitrogens is 1. The van der Waals surface area contributed by atoms with Gasteiger partial charge in [0.15, 0.2) is 0 Å². The van der Waals surface area contributed by atoms with Crippen LogP contribution in [-0.4, -0.2) is 21.0 Å². The Balaban J connectivity index is 0.000000310. The van der Waals surface area contributed by atoms with E-state index in [4.69, 9.17) is 9.90 Å². The Labute approximate surface area is 78.0 Å². The summed E-state index contributed by atoms with van der Waals surface area (Å²) in [5, 5.41) is 7.42. The van der Waals surface area contributed by atoms with E-state index < -0.39 is 5.97 Å². The SMILES string of the molecule is CC(=O)O.CCCCc1ncc[nH]1. The number of carboxylic acids is 1. The molecule has 4 nitrogen and oxygen atoms in total. The van der Waals surface area contributed by atoms with Crippen molar-refractivity contribution in [3.63, 3.8) is 0 Å². The molecule has 1 heterocycles. The molecule has 0 unspecified atom stereocenters. The molecule has 0 aliphatic carbocycles. The fourth-order valence-electron chi connectivity index (χ4n) is 0.779. The number of carboxylic acid groups (broad SMARTS) is 1. The van der Waals surface area contributed by atoms with Gasteiger partial charge in [-0.05, 0) is 6.42 Å². The van der Waals surface area contributed by atoms with Gasteiger partial charge in [-0.25, -0.2) is 4.98 Å². The minimum atomic E-state index is -0.833. The Hall–Kier alpha value is -1.32. The van der Waals surface area contributed by atoms with E-state index in [9.17, 15) is 0 Å². The molecule has 4 heteroatoms. The van der Waals surface area contributed by atoms with Crippen LogP contribution in [0.4, 0.5) is 0 Å². The molecule has 1 rings (SSSR count). The maximum atomic E-state index is 9.00. The molecule has 0 radical (unpaired) electrons. The fraction of sp³-hybridized carbons (Fsp3) is 0.556. The molecule has 0 atom stereocenters. The number of hydrogen-bond acceptors (Lipinski definition) is 2. The van der Waals surface area contributed by atoms with Gasteiger partial charge in [0.2, 0.25) is 0 Å². The van der Waals surface area contributed by atoms with Crippen LogP contribution in [0.5, 0.6) is 0 Å². The van der Waals surface area contributed by atoms with Crippen LogP contribution in [0.1, 0.15) is 32.5 Å². The predicted octanol–water partition coefficient (Wildman–Crippen LogP) is 1.84. The summed E-state index contributed by atoms with van der Waals surface area (Å²) in [6.07, 6.45) is 7.22. The first-order valence-corrected chi connectivity index (χ1v) is 4.34. The van der Waals surface area contributed by atoms with Crippen molar-refractivity contribution in [1.29, 1.82) is 0 Å². The van der Waals surface area contributed by atoms with E-state index in [0.717, 1.165) is 19.2 Å². The minimum Gasteiger partial charge on any atom is -0.481 e. The van der Waals surface area contributed by atoms with E-state index in [-0.39, 0.29) is 0 Å². The van der Waals surface area contributed by atoms with Gasteiger partial charge in [0.1, 0.15) is 5.82 Å². The molecule has 0 aliphatic rings. The Bertz CT molecular complexity index is 216. The van der Waals surface area contributed by atoms with Crippen LogP contribution in [0.3, 0.4) is 0 Å². The van der Waals surface area contributed by atoms with Crippen molar-refractivity contribution in [1.82, 2.24) is 9.97 Å². The molecule has 0 bridgehead atoms. The molecule has 13 heavy (non-hydrogen) atoms. The average Bonchev–Trinajstić information content (AvgIpc) is 2.51. The van der Waals surface area contributed by atoms with Crippen molar-refractivity contribution >= 4 is 5.97 Å². The van der Waals surface area contributed by atoms with E-state index in [1.165, 1.54) is 12.8 Å². The number of aromatic nitrogens is 2. The van der Waals surface area contributed by atoms with Crippen molar-refractivity contribution in [2.75, 3.05) is 0 Å². The molecule has 0 aromatic carbocycles. The third-order valence-electron chi connectivity index (χ3n) is 1.32. The molecule has 1 aromatic rings. The molecular weight excluding hydrogens is 168 g/mol. The predicted molar refractivity (Wildman–Crippen MR) is 50.5 cm³/mol. The molecule has 74 valence electrons. The number of nitrogens with one attached hydrogen (secondary N) is 1. The maximum Gasteiger partial charge on any atom is 0.300 e. The second-order valence-corrected chi connectivity index (χ2v) is 2.66. The molecule has 0 aliphatic heterocycles. The monoisotopic (exact) mass is 184 g/mol. The maximum absolute atomic E-state index is 9.00. The van der Waals surface area contributed by atoms with Gasteiger partial charge >= 0.3 is 0 Å². The molecule has 0 saturated carbocycles. The van der Waals surface area contributed by atoms with E-state index >= 15 is 0 Å². The number of nitrogens with zero attached hydrogens (tertiary/aromatic N) is 1. The molecule has 0 fully saturated rings. The third kappa shape index (κ3) is 8.59. The summed E-state index contributed by atoms with van der Waals surface area (Å²) in [5.41, 5.74) is 0. The first kappa shape index (κ1) is 11.7. The van der Waals surface area contributed by atoms with Crippen LogP contribution >= 0.6 is 0 Å². The fourth-order valence-corrected chi connectivity index (χ4v) is 0.779. The van der Waals surface area contributed by atoms with Gasteiger partial charge in [-0.3, -0.25) is 4.79 Å². The molecule has 2 N–H and O–H groups in total. The van der Waals surface area contributed by atoms with Crippen LogP contribution in [0.25, 0.3) is 0 Å². The highest BCUT2D eigenvalue weighted by Gasteiger charge is 1.90. The first-order chi connectivity index (χ1) is 6.16. The van der Waals surface area contributed by atoms with Crippen LogP contribution in [-0.2, 0) is 11.2 Å². The normalized spacial score (nSPS) is 8.77. The topological polar surface area (TPSA) is 66.0 Å². The Morgan fingerprint density at radius 3 is 2.69 bits per heavy atom. The highest BCUT2D eigenvalue weighted by molar-refractivity contribution is 5.62. The van der Waals surface area contributed by atoms with Gasteiger partial charge in [0.25, 0.3) is 5.97 Å². The lowest BCUT2D eigenvalue weighted by atomic mass is 10.2. The molecular formula is C9H16N2O2. The zero-order chi connectivity index (χ0) is 10.1. The molecule has 0 amide bonds. The lowest BCUT2D eigenvalue weighted by Crippen LogP contribution is -1.85. The van der Waals surface area contributed by atoms with Gasteiger partial charge in [-0.1, -0.05) is 13.3 Å². The zero-order valence-electron chi connectivity index (χ0n) is 8.08. The van der Waals surface area contributed by atoms with Crippen LogP contribution in [0, 0.1) is 0 Å². The van der Waals surface area contributed by atoms with Gasteiger partial charge in [0.05, 0.1) is 0 Å². The lowest BCUT2D eigenvalue weighted by Gasteiger charge is -1.90. The number of hydrogen-bond donors (Lipinski definition) is 2. The summed E-state index contributed by atoms with van der Waals surface area (Å²) in [6, 6.07) is 0. The summed E-state index contributed by atoms with van der Waals surface area (Å²) >= 11 is 0. The summed E-state index contributed by atoms with van der Waals surface area (Å²) in [6.45, 7) is 3.27. The number of carbonyl (C=O) groups is 1. The smallest absolute Gasteiger partial charge is 0.300 e. The van der Waals surface area contributed by atoms with Crippen molar-refractivity contribution < 1.29 is 9.90 Å². The van der Waals surface area contributed by atoms with Crippen LogP contribution in [0.15, 0.2) is 12.4 Å². The second-order valence-electron chi connectivity index (χ2n) is 2.66. The summed E-state index contributed by atoms with van der Waals surface area (Å²) in [5.74, 6) is 0.275. The number of aliphatic carboxylic acids is 1. The quantitative estimate of drug-likeness (QED) is 0.753. The van der Waals surface area contributed by atoms with Crippen molar-refractivity contribution in [3.05, 3.63) is 18.2 Å². The number of aryl methyl sites for hydroxylation is 1. The Kier molecular flexibility index (Phi) is 6.59. The van der Waals surface area contributed by atoms with E-state index in [0.29, 0.717) is 0 Å². The second kappa shape index (κ2) is 7.34. The Morgan fingerprint density at radius 1 is 1.69 bits per heavy atom. The molecule has 1 aromatic heterocycles. The van der Waals surface area contributed by atoms with Gasteiger partial charge in [-0.15, -0.1) is 0 Å². The lowest BCUT2D eigenvalue weighted by molar-refractivity contribution is -0.134. The summed E-state index contributed by atoms with van der Waals surface area (Å²) in [4.78, 5) is 16.2. The summed E-state index contributed by atoms with van der Waals surface area (Å²) < 4.78 is 0. The van der Waals surface area contributed by atoms with Crippen LogP contribution in [0.2, 0.25) is 0 Å². The van der Waals surface area contributed by atoms with Gasteiger partial charge in [-0.2, -0.15) is 0 Å². The van der Waals surface area contributed by atoms with Crippen LogP contribution < -0.4 is 0 Å². The van der Waals surface area contributed by atoms with Crippen molar-refractivity contribution in [2.24, 2.45) is 0 Å². The third-order valence-corrected chi connectivity index (χ3v) is 1.32. The van der Waals surface area contributed by atoms with Crippen molar-refractivity contribution in [3.8, 4) is 0 Å². The van der Waals surface area contributed by atoms with E-state index in [1.807, 2.05) is 6.20 Å². The average molecular weight is 184 g/mol. The summed E-state index contributed by atoms with van der Waals surface area (Å²) in [7, 11) is 0. The highest BCUT2D eigenvalue weighted by atomic mass is 16.4. The first-order valence-electron chi connectivity index (χ1n) is 4.34. The van der Waals surface area contributed by atoms with E-state index in [1.54, 1.807) is 6.20 Å². The highest BCUT2D eigenvalue weighted by Crippen LogP contribution is 1.96. The standard InChI is InChI=1S/C7H12N2.C2H4O2/c1-2-3-4-7-8-5-6-9-7;1-2(3)4/h5-6H,2-4H2,1H3,(H,8,9);1H3,(H,3,4). The number of unbranched alkanes of at least 4 members (excludes halogenated alkanes) is 1.